The summed E-state index contributed by atoms with van der Waals surface area (Å²) < 4.78 is 5.44. The normalized spacial score (nSPS) is 27.0. The van der Waals surface area contributed by atoms with Gasteiger partial charge >= 0.3 is 6.03 Å². The van der Waals surface area contributed by atoms with Crippen molar-refractivity contribution in [2.45, 2.75) is 49.9 Å². The van der Waals surface area contributed by atoms with Gasteiger partial charge in [0.1, 0.15) is 11.6 Å². The molecule has 0 radical (unpaired) electrons. The minimum atomic E-state index is 0.207. The van der Waals surface area contributed by atoms with Crippen LogP contribution < -0.4 is 4.90 Å². The van der Waals surface area contributed by atoms with Crippen molar-refractivity contribution in [3.8, 4) is 0 Å². The summed E-state index contributed by atoms with van der Waals surface area (Å²) in [5.41, 5.74) is 1.93. The molecule has 2 spiro atoms. The molecule has 6 aliphatic rings. The maximum absolute atomic E-state index is 13.0. The number of ether oxygens (including phenoxy) is 1. The number of nitrogens with one attached hydrogen (secondary N) is 1. The molecule has 2 amide bonds. The highest BCUT2D eigenvalue weighted by Gasteiger charge is 2.56. The van der Waals surface area contributed by atoms with Crippen molar-refractivity contribution >= 4 is 11.8 Å². The first-order valence-corrected chi connectivity index (χ1v) is 13.3. The number of hydrogen-bond acceptors (Lipinski definition) is 6. The van der Waals surface area contributed by atoms with Crippen LogP contribution in [0.25, 0.3) is 0 Å². The first-order chi connectivity index (χ1) is 17.1. The van der Waals surface area contributed by atoms with Crippen LogP contribution in [-0.2, 0) is 4.74 Å². The molecule has 2 aromatic heterocycles. The fourth-order valence-corrected chi connectivity index (χ4v) is 6.96. The standard InChI is InChI=1S/C26H33N7O2/c34-24(33-13-26(14-33)7-19(8-26)23-28-22(29-30-23)17-1-2-17)32-10-20(11-32)18-3-4-21(27-9-18)31-6-5-25(12-31)15-35-16-25/h3-4,9,17,19-20H,1-2,5-8,10-16H2,(H,28,29,30). The molecule has 2 aromatic rings. The number of pyridine rings is 1. The maximum Gasteiger partial charge on any atom is 0.320 e. The average Bonchev–Trinajstić information content (AvgIpc) is 3.30. The Morgan fingerprint density at radius 3 is 2.49 bits per heavy atom. The van der Waals surface area contributed by atoms with Crippen molar-refractivity contribution in [3.63, 3.8) is 0 Å². The number of aromatic amines is 1. The van der Waals surface area contributed by atoms with Crippen LogP contribution in [0.4, 0.5) is 10.6 Å². The van der Waals surface area contributed by atoms with E-state index >= 15 is 0 Å². The number of urea groups is 1. The number of nitrogens with zero attached hydrogens (tertiary/aromatic N) is 6. The summed E-state index contributed by atoms with van der Waals surface area (Å²) in [5.74, 6) is 4.64. The largest absolute Gasteiger partial charge is 0.380 e. The van der Waals surface area contributed by atoms with Gasteiger partial charge in [-0.1, -0.05) is 6.07 Å². The second-order valence-corrected chi connectivity index (χ2v) is 12.3. The Hall–Kier alpha value is -2.68. The number of H-pyrrole nitrogens is 1. The SMILES string of the molecule is O=C(N1CC(c2ccc(N3CCC4(COC4)C3)nc2)C1)N1CC2(CC(c3n[nH]c(C4CC4)n3)C2)C1. The summed E-state index contributed by atoms with van der Waals surface area (Å²) in [6, 6.07) is 4.58. The molecular weight excluding hydrogens is 442 g/mol. The number of hydrogen-bond donors (Lipinski definition) is 1. The van der Waals surface area contributed by atoms with E-state index in [0.29, 0.717) is 28.6 Å². The number of aromatic nitrogens is 4. The zero-order valence-electron chi connectivity index (χ0n) is 20.2. The van der Waals surface area contributed by atoms with Gasteiger partial charge in [-0.15, -0.1) is 0 Å². The molecule has 2 aliphatic carbocycles. The Morgan fingerprint density at radius 1 is 1.00 bits per heavy atom. The molecule has 0 unspecified atom stereocenters. The quantitative estimate of drug-likeness (QED) is 0.731. The van der Waals surface area contributed by atoms with E-state index in [1.807, 2.05) is 16.0 Å². The van der Waals surface area contributed by atoms with Crippen LogP contribution in [0.15, 0.2) is 18.3 Å². The van der Waals surface area contributed by atoms with Crippen LogP contribution in [-0.4, -0.2) is 88.5 Å². The Balaban J connectivity index is 0.807. The first kappa shape index (κ1) is 20.5. The van der Waals surface area contributed by atoms with Gasteiger partial charge in [-0.25, -0.2) is 14.8 Å². The van der Waals surface area contributed by atoms with Crippen molar-refractivity contribution in [1.82, 2.24) is 30.0 Å². The highest BCUT2D eigenvalue weighted by Crippen LogP contribution is 2.56. The highest BCUT2D eigenvalue weighted by molar-refractivity contribution is 5.77. The van der Waals surface area contributed by atoms with E-state index in [4.69, 9.17) is 14.7 Å². The fourth-order valence-electron chi connectivity index (χ4n) is 6.96. The lowest BCUT2D eigenvalue weighted by Crippen LogP contribution is -2.67. The van der Waals surface area contributed by atoms with Gasteiger partial charge in [0.2, 0.25) is 0 Å². The van der Waals surface area contributed by atoms with E-state index in [1.165, 1.54) is 24.8 Å². The third-order valence-corrected chi connectivity index (χ3v) is 9.50. The minimum Gasteiger partial charge on any atom is -0.380 e. The van der Waals surface area contributed by atoms with Crippen molar-refractivity contribution in [2.24, 2.45) is 10.8 Å². The van der Waals surface area contributed by atoms with Gasteiger partial charge < -0.3 is 19.4 Å². The van der Waals surface area contributed by atoms with Gasteiger partial charge in [-0.2, -0.15) is 5.10 Å². The molecule has 9 heteroatoms. The van der Waals surface area contributed by atoms with Crippen molar-refractivity contribution in [2.75, 3.05) is 57.4 Å². The molecule has 0 aromatic carbocycles. The second-order valence-electron chi connectivity index (χ2n) is 12.3. The number of anilines is 1. The molecule has 2 saturated carbocycles. The molecule has 184 valence electrons. The lowest BCUT2D eigenvalue weighted by molar-refractivity contribution is -0.0985. The van der Waals surface area contributed by atoms with Crippen molar-refractivity contribution in [1.29, 1.82) is 0 Å². The maximum atomic E-state index is 13.0. The summed E-state index contributed by atoms with van der Waals surface area (Å²) >= 11 is 0. The molecule has 6 heterocycles. The van der Waals surface area contributed by atoms with E-state index < -0.39 is 0 Å². The number of likely N-dealkylation sites (tertiary alicyclic amines) is 2. The molecule has 4 saturated heterocycles. The molecule has 0 atom stereocenters. The summed E-state index contributed by atoms with van der Waals surface area (Å²) in [7, 11) is 0. The third-order valence-electron chi connectivity index (χ3n) is 9.50. The molecule has 8 rings (SSSR count). The average molecular weight is 476 g/mol. The molecule has 9 nitrogen and oxygen atoms in total. The van der Waals surface area contributed by atoms with E-state index in [9.17, 15) is 4.79 Å². The van der Waals surface area contributed by atoms with Gasteiger partial charge in [-0.3, -0.25) is 5.10 Å². The topological polar surface area (TPSA) is 90.5 Å². The highest BCUT2D eigenvalue weighted by atomic mass is 16.5. The first-order valence-electron chi connectivity index (χ1n) is 13.3. The Morgan fingerprint density at radius 2 is 1.83 bits per heavy atom. The lowest BCUT2D eigenvalue weighted by Gasteiger charge is -2.59. The minimum absolute atomic E-state index is 0.207. The van der Waals surface area contributed by atoms with Crippen LogP contribution in [0.1, 0.15) is 67.1 Å². The van der Waals surface area contributed by atoms with Gasteiger partial charge in [0.05, 0.1) is 13.2 Å². The lowest BCUT2D eigenvalue weighted by atomic mass is 9.57. The van der Waals surface area contributed by atoms with Crippen molar-refractivity contribution < 1.29 is 9.53 Å². The Labute approximate surface area is 205 Å². The van der Waals surface area contributed by atoms with E-state index in [0.717, 1.165) is 82.8 Å². The zero-order chi connectivity index (χ0) is 23.2. The van der Waals surface area contributed by atoms with Gasteiger partial charge in [0.15, 0.2) is 5.82 Å². The summed E-state index contributed by atoms with van der Waals surface area (Å²) in [4.78, 5) is 28.9. The number of carbonyl (C=O) groups excluding carboxylic acids is 1. The fraction of sp³-hybridized carbons (Fsp3) is 0.692. The van der Waals surface area contributed by atoms with E-state index in [-0.39, 0.29) is 6.03 Å². The third kappa shape index (κ3) is 3.30. The molecule has 0 bridgehead atoms. The Bertz CT molecular complexity index is 1130. The monoisotopic (exact) mass is 475 g/mol. The number of rotatable bonds is 4. The van der Waals surface area contributed by atoms with E-state index in [1.54, 1.807) is 0 Å². The van der Waals surface area contributed by atoms with E-state index in [2.05, 4.69) is 27.2 Å². The number of carbonyl (C=O) groups is 1. The van der Waals surface area contributed by atoms with Crippen LogP contribution in [0.2, 0.25) is 0 Å². The van der Waals surface area contributed by atoms with Crippen molar-refractivity contribution in [3.05, 3.63) is 35.5 Å². The van der Waals surface area contributed by atoms with Gasteiger partial charge in [0, 0.05) is 74.0 Å². The van der Waals surface area contributed by atoms with Gasteiger partial charge in [0.25, 0.3) is 0 Å². The predicted molar refractivity (Wildman–Crippen MR) is 128 cm³/mol. The van der Waals surface area contributed by atoms with Crippen LogP contribution >= 0.6 is 0 Å². The zero-order valence-corrected chi connectivity index (χ0v) is 20.2. The van der Waals surface area contributed by atoms with Crippen LogP contribution in [0, 0.1) is 10.8 Å². The molecule has 4 aliphatic heterocycles. The summed E-state index contributed by atoms with van der Waals surface area (Å²) in [6.45, 7) is 7.31. The summed E-state index contributed by atoms with van der Waals surface area (Å²) in [6.07, 6.45) is 7.95. The Kier molecular flexibility index (Phi) is 4.21. The second kappa shape index (κ2) is 7.18. The van der Waals surface area contributed by atoms with Crippen LogP contribution in [0.5, 0.6) is 0 Å². The molecule has 6 fully saturated rings. The van der Waals surface area contributed by atoms with Crippen LogP contribution in [0.3, 0.4) is 0 Å². The smallest absolute Gasteiger partial charge is 0.320 e. The molecule has 1 N–H and O–H groups in total. The summed E-state index contributed by atoms with van der Waals surface area (Å²) in [5, 5.41) is 7.60. The van der Waals surface area contributed by atoms with Gasteiger partial charge in [-0.05, 0) is 43.7 Å². The predicted octanol–water partition coefficient (Wildman–Crippen LogP) is 2.70. The molecular formula is C26H33N7O2. The number of amides is 2. The molecule has 35 heavy (non-hydrogen) atoms.